The van der Waals surface area contributed by atoms with Crippen molar-refractivity contribution in [3.63, 3.8) is 0 Å². The van der Waals surface area contributed by atoms with E-state index in [1.54, 1.807) is 14.2 Å². The molecule has 3 nitrogen and oxygen atoms in total. The van der Waals surface area contributed by atoms with Gasteiger partial charge in [-0.3, -0.25) is 0 Å². The van der Waals surface area contributed by atoms with Crippen molar-refractivity contribution in [2.75, 3.05) is 14.2 Å². The number of methoxy groups -OCH3 is 2. The molecule has 1 aliphatic carbocycles. The summed E-state index contributed by atoms with van der Waals surface area (Å²) in [4.78, 5) is 0. The van der Waals surface area contributed by atoms with Crippen molar-refractivity contribution in [1.82, 2.24) is 0 Å². The molecule has 1 N–H and O–H groups in total. The summed E-state index contributed by atoms with van der Waals surface area (Å²) in [6.45, 7) is 0. The highest BCUT2D eigenvalue weighted by Crippen LogP contribution is 2.42. The Labute approximate surface area is 125 Å². The number of hydrogen-bond donors (Lipinski definition) is 1. The summed E-state index contributed by atoms with van der Waals surface area (Å²) in [6, 6.07) is 12.1. The number of aliphatic hydroxyl groups excluding tert-OH is 1. The first kappa shape index (κ1) is 14.4. The topological polar surface area (TPSA) is 38.7 Å². The molecule has 1 saturated carbocycles. The Morgan fingerprint density at radius 1 is 1.10 bits per heavy atom. The molecule has 2 aromatic carbocycles. The third kappa shape index (κ3) is 2.76. The molecule has 1 unspecified atom stereocenters. The van der Waals surface area contributed by atoms with Gasteiger partial charge in [-0.15, -0.1) is 0 Å². The summed E-state index contributed by atoms with van der Waals surface area (Å²) in [5, 5.41) is 12.7. The predicted octanol–water partition coefficient (Wildman–Crippen LogP) is 3.84. The van der Waals surface area contributed by atoms with Crippen LogP contribution in [0.25, 0.3) is 10.8 Å². The molecule has 21 heavy (non-hydrogen) atoms. The lowest BCUT2D eigenvalue weighted by atomic mass is 9.75. The third-order valence-corrected chi connectivity index (χ3v) is 4.72. The first-order valence-corrected chi connectivity index (χ1v) is 7.47. The SMILES string of the molecule is COc1ccc2cc(C(O)CC3(OC)CCC3)ccc2c1. The second-order valence-corrected chi connectivity index (χ2v) is 5.93. The van der Waals surface area contributed by atoms with E-state index in [2.05, 4.69) is 6.07 Å². The molecule has 0 radical (unpaired) electrons. The number of rotatable bonds is 5. The summed E-state index contributed by atoms with van der Waals surface area (Å²) < 4.78 is 10.8. The zero-order valence-corrected chi connectivity index (χ0v) is 12.6. The minimum absolute atomic E-state index is 0.117. The molecule has 1 aliphatic rings. The normalized spacial score (nSPS) is 18.2. The van der Waals surface area contributed by atoms with Crippen LogP contribution in [-0.4, -0.2) is 24.9 Å². The highest BCUT2D eigenvalue weighted by atomic mass is 16.5. The van der Waals surface area contributed by atoms with E-state index >= 15 is 0 Å². The van der Waals surface area contributed by atoms with E-state index < -0.39 is 6.10 Å². The number of ether oxygens (including phenoxy) is 2. The van der Waals surface area contributed by atoms with Gasteiger partial charge in [0.1, 0.15) is 5.75 Å². The average Bonchev–Trinajstić information content (AvgIpc) is 2.49. The second kappa shape index (κ2) is 5.66. The van der Waals surface area contributed by atoms with Gasteiger partial charge in [0.05, 0.1) is 18.8 Å². The molecule has 1 fully saturated rings. The standard InChI is InChI=1S/C18H22O3/c1-20-16-7-6-13-10-15(5-4-14(13)11-16)17(19)12-18(21-2)8-3-9-18/h4-7,10-11,17,19H,3,8-9,12H2,1-2H3. The highest BCUT2D eigenvalue weighted by Gasteiger charge is 2.38. The first-order valence-electron chi connectivity index (χ1n) is 7.47. The monoisotopic (exact) mass is 286 g/mol. The zero-order chi connectivity index (χ0) is 14.9. The highest BCUT2D eigenvalue weighted by molar-refractivity contribution is 5.84. The van der Waals surface area contributed by atoms with Crippen LogP contribution in [0.15, 0.2) is 36.4 Å². The summed E-state index contributed by atoms with van der Waals surface area (Å²) in [5.74, 6) is 0.851. The number of aliphatic hydroxyl groups is 1. The maximum Gasteiger partial charge on any atom is 0.119 e. The van der Waals surface area contributed by atoms with E-state index in [9.17, 15) is 5.11 Å². The van der Waals surface area contributed by atoms with Crippen molar-refractivity contribution in [1.29, 1.82) is 0 Å². The van der Waals surface area contributed by atoms with Gasteiger partial charge >= 0.3 is 0 Å². The van der Waals surface area contributed by atoms with Crippen molar-refractivity contribution in [3.8, 4) is 5.75 Å². The van der Waals surface area contributed by atoms with Gasteiger partial charge in [0, 0.05) is 13.5 Å². The Balaban J connectivity index is 1.83. The summed E-state index contributed by atoms with van der Waals surface area (Å²) >= 11 is 0. The molecule has 0 amide bonds. The Morgan fingerprint density at radius 3 is 2.43 bits per heavy atom. The van der Waals surface area contributed by atoms with Crippen LogP contribution in [-0.2, 0) is 4.74 Å². The molecule has 0 saturated heterocycles. The van der Waals surface area contributed by atoms with Crippen molar-refractivity contribution < 1.29 is 14.6 Å². The maximum atomic E-state index is 10.5. The summed E-state index contributed by atoms with van der Waals surface area (Å²) in [7, 11) is 3.42. The van der Waals surface area contributed by atoms with Crippen LogP contribution in [0.2, 0.25) is 0 Å². The Kier molecular flexibility index (Phi) is 3.87. The predicted molar refractivity (Wildman–Crippen MR) is 83.7 cm³/mol. The van der Waals surface area contributed by atoms with E-state index in [-0.39, 0.29) is 5.60 Å². The lowest BCUT2D eigenvalue weighted by Crippen LogP contribution is -2.40. The first-order chi connectivity index (χ1) is 10.2. The molecule has 0 aliphatic heterocycles. The number of hydrogen-bond acceptors (Lipinski definition) is 3. The number of fused-ring (bicyclic) bond motifs is 1. The molecule has 2 aromatic rings. The molecule has 0 heterocycles. The van der Waals surface area contributed by atoms with Crippen LogP contribution in [0.1, 0.15) is 37.4 Å². The molecule has 3 rings (SSSR count). The molecule has 0 spiro atoms. The Hall–Kier alpha value is -1.58. The van der Waals surface area contributed by atoms with Crippen LogP contribution in [0, 0.1) is 0 Å². The average molecular weight is 286 g/mol. The van der Waals surface area contributed by atoms with E-state index in [4.69, 9.17) is 9.47 Å². The fourth-order valence-corrected chi connectivity index (χ4v) is 3.11. The molecular weight excluding hydrogens is 264 g/mol. The van der Waals surface area contributed by atoms with Gasteiger partial charge in [0.15, 0.2) is 0 Å². The van der Waals surface area contributed by atoms with Crippen LogP contribution in [0.4, 0.5) is 0 Å². The quantitative estimate of drug-likeness (QED) is 0.907. The van der Waals surface area contributed by atoms with Crippen LogP contribution in [0.5, 0.6) is 5.75 Å². The largest absolute Gasteiger partial charge is 0.497 e. The minimum atomic E-state index is -0.475. The van der Waals surface area contributed by atoms with E-state index in [0.717, 1.165) is 34.9 Å². The lowest BCUT2D eigenvalue weighted by molar-refractivity contribution is -0.0999. The third-order valence-electron chi connectivity index (χ3n) is 4.72. The lowest BCUT2D eigenvalue weighted by Gasteiger charge is -2.41. The smallest absolute Gasteiger partial charge is 0.119 e. The fraction of sp³-hybridized carbons (Fsp3) is 0.444. The van der Waals surface area contributed by atoms with Gasteiger partial charge in [-0.1, -0.05) is 18.2 Å². The van der Waals surface area contributed by atoms with Crippen LogP contribution in [0.3, 0.4) is 0 Å². The molecule has 0 bridgehead atoms. The molecule has 0 aromatic heterocycles. The minimum Gasteiger partial charge on any atom is -0.497 e. The van der Waals surface area contributed by atoms with E-state index in [1.165, 1.54) is 6.42 Å². The van der Waals surface area contributed by atoms with Gasteiger partial charge in [-0.2, -0.15) is 0 Å². The van der Waals surface area contributed by atoms with E-state index in [1.807, 2.05) is 30.3 Å². The fourth-order valence-electron chi connectivity index (χ4n) is 3.11. The Bertz CT molecular complexity index is 626. The number of benzene rings is 2. The Morgan fingerprint density at radius 2 is 1.81 bits per heavy atom. The molecule has 112 valence electrons. The van der Waals surface area contributed by atoms with Crippen molar-refractivity contribution in [3.05, 3.63) is 42.0 Å². The molecule has 1 atom stereocenters. The van der Waals surface area contributed by atoms with Crippen LogP contribution >= 0.6 is 0 Å². The maximum absolute atomic E-state index is 10.5. The summed E-state index contributed by atoms with van der Waals surface area (Å²) in [5.41, 5.74) is 0.838. The van der Waals surface area contributed by atoms with Gasteiger partial charge in [-0.05, 0) is 53.8 Å². The van der Waals surface area contributed by atoms with Gasteiger partial charge < -0.3 is 14.6 Å². The molecular formula is C18H22O3. The second-order valence-electron chi connectivity index (χ2n) is 5.93. The van der Waals surface area contributed by atoms with Crippen molar-refractivity contribution in [2.45, 2.75) is 37.4 Å². The van der Waals surface area contributed by atoms with Crippen molar-refractivity contribution in [2.24, 2.45) is 0 Å². The van der Waals surface area contributed by atoms with Gasteiger partial charge in [0.2, 0.25) is 0 Å². The van der Waals surface area contributed by atoms with Crippen LogP contribution < -0.4 is 4.74 Å². The van der Waals surface area contributed by atoms with Crippen molar-refractivity contribution >= 4 is 10.8 Å². The van der Waals surface area contributed by atoms with E-state index in [0.29, 0.717) is 6.42 Å². The van der Waals surface area contributed by atoms with Gasteiger partial charge in [-0.25, -0.2) is 0 Å². The summed E-state index contributed by atoms with van der Waals surface area (Å²) in [6.07, 6.45) is 3.48. The molecule has 3 heteroatoms. The van der Waals surface area contributed by atoms with Gasteiger partial charge in [0.25, 0.3) is 0 Å². The zero-order valence-electron chi connectivity index (χ0n) is 12.6.